The molecule has 0 spiro atoms. The van der Waals surface area contributed by atoms with E-state index in [0.29, 0.717) is 12.1 Å². The number of imidazole rings is 1. The number of nitrogens with zero attached hydrogens (tertiary/aromatic N) is 3. The molecule has 1 aliphatic heterocycles. The average molecular weight is 270 g/mol. The molecule has 1 saturated heterocycles. The summed E-state index contributed by atoms with van der Waals surface area (Å²) in [5, 5.41) is 0. The Morgan fingerprint density at radius 3 is 3.05 bits per heavy atom. The fourth-order valence-electron chi connectivity index (χ4n) is 2.59. The molecule has 1 aromatic heterocycles. The lowest BCUT2D eigenvalue weighted by atomic mass is 10.1. The normalized spacial score (nSPS) is 19.1. The van der Waals surface area contributed by atoms with Crippen molar-refractivity contribution in [2.45, 2.75) is 18.9 Å². The van der Waals surface area contributed by atoms with Crippen LogP contribution in [0.1, 0.15) is 23.2 Å². The maximum atomic E-state index is 12.5. The van der Waals surface area contributed by atoms with Gasteiger partial charge in [-0.2, -0.15) is 0 Å². The van der Waals surface area contributed by atoms with Crippen molar-refractivity contribution >= 4 is 5.91 Å². The molecule has 104 valence electrons. The summed E-state index contributed by atoms with van der Waals surface area (Å²) in [5.41, 5.74) is 7.58. The number of amides is 1. The number of benzene rings is 1. The van der Waals surface area contributed by atoms with E-state index in [-0.39, 0.29) is 11.9 Å². The van der Waals surface area contributed by atoms with E-state index in [2.05, 4.69) is 4.98 Å². The van der Waals surface area contributed by atoms with Gasteiger partial charge < -0.3 is 15.2 Å². The molecule has 5 nitrogen and oxygen atoms in total. The molecule has 0 unspecified atom stereocenters. The van der Waals surface area contributed by atoms with Gasteiger partial charge in [-0.15, -0.1) is 0 Å². The van der Waals surface area contributed by atoms with Crippen molar-refractivity contribution in [3.8, 4) is 5.69 Å². The molecule has 5 heteroatoms. The quantitative estimate of drug-likeness (QED) is 0.898. The molecule has 1 aromatic carbocycles. The van der Waals surface area contributed by atoms with Crippen molar-refractivity contribution in [1.29, 1.82) is 0 Å². The van der Waals surface area contributed by atoms with E-state index in [9.17, 15) is 4.79 Å². The largest absolute Gasteiger partial charge is 0.337 e. The molecule has 0 aliphatic carbocycles. The van der Waals surface area contributed by atoms with E-state index in [4.69, 9.17) is 5.73 Å². The number of likely N-dealkylation sites (tertiary alicyclic amines) is 1. The van der Waals surface area contributed by atoms with E-state index in [1.54, 1.807) is 12.5 Å². The van der Waals surface area contributed by atoms with Crippen LogP contribution in [0.4, 0.5) is 0 Å². The summed E-state index contributed by atoms with van der Waals surface area (Å²) in [6, 6.07) is 7.70. The lowest BCUT2D eigenvalue weighted by molar-refractivity contribution is 0.0709. The van der Waals surface area contributed by atoms with Crippen molar-refractivity contribution in [2.75, 3.05) is 13.1 Å². The summed E-state index contributed by atoms with van der Waals surface area (Å²) in [6.07, 6.45) is 7.28. The maximum absolute atomic E-state index is 12.5. The van der Waals surface area contributed by atoms with Gasteiger partial charge in [0, 0.05) is 42.8 Å². The second-order valence-electron chi connectivity index (χ2n) is 5.17. The number of carbonyl (C=O) groups excluding carboxylic acids is 1. The molecular formula is C15H18N4O. The standard InChI is InChI=1S/C15H18N4O/c16-13-4-2-7-18(10-13)15(20)12-3-1-5-14(9-12)19-8-6-17-11-19/h1,3,5-6,8-9,11,13H,2,4,7,10,16H2/t13-/m1/s1. The molecule has 1 fully saturated rings. The Balaban J connectivity index is 1.83. The van der Waals surface area contributed by atoms with Crippen LogP contribution in [0.3, 0.4) is 0 Å². The minimum Gasteiger partial charge on any atom is -0.337 e. The summed E-state index contributed by atoms with van der Waals surface area (Å²) in [5.74, 6) is 0.0575. The summed E-state index contributed by atoms with van der Waals surface area (Å²) in [6.45, 7) is 1.44. The molecule has 0 saturated carbocycles. The highest BCUT2D eigenvalue weighted by Gasteiger charge is 2.22. The lowest BCUT2D eigenvalue weighted by Gasteiger charge is -2.30. The summed E-state index contributed by atoms with van der Waals surface area (Å²) < 4.78 is 1.89. The Hall–Kier alpha value is -2.14. The lowest BCUT2D eigenvalue weighted by Crippen LogP contribution is -2.45. The van der Waals surface area contributed by atoms with E-state index in [0.717, 1.165) is 25.1 Å². The maximum Gasteiger partial charge on any atom is 0.253 e. The molecule has 1 amide bonds. The van der Waals surface area contributed by atoms with Gasteiger partial charge in [0.15, 0.2) is 0 Å². The Morgan fingerprint density at radius 1 is 1.40 bits per heavy atom. The van der Waals surface area contributed by atoms with Gasteiger partial charge in [0.2, 0.25) is 0 Å². The number of piperidine rings is 1. The van der Waals surface area contributed by atoms with Crippen LogP contribution in [-0.4, -0.2) is 39.5 Å². The Morgan fingerprint density at radius 2 is 2.30 bits per heavy atom. The van der Waals surface area contributed by atoms with Crippen LogP contribution in [0, 0.1) is 0 Å². The summed E-state index contributed by atoms with van der Waals surface area (Å²) in [7, 11) is 0. The molecule has 2 aromatic rings. The predicted molar refractivity (Wildman–Crippen MR) is 76.7 cm³/mol. The zero-order valence-corrected chi connectivity index (χ0v) is 11.3. The van der Waals surface area contributed by atoms with Crippen molar-refractivity contribution in [2.24, 2.45) is 5.73 Å². The second-order valence-corrected chi connectivity index (χ2v) is 5.17. The monoisotopic (exact) mass is 270 g/mol. The first kappa shape index (κ1) is 12.9. The highest BCUT2D eigenvalue weighted by Crippen LogP contribution is 2.15. The van der Waals surface area contributed by atoms with Crippen LogP contribution >= 0.6 is 0 Å². The van der Waals surface area contributed by atoms with Gasteiger partial charge in [-0.3, -0.25) is 4.79 Å². The Bertz CT molecular complexity index is 594. The number of rotatable bonds is 2. The van der Waals surface area contributed by atoms with Crippen LogP contribution in [-0.2, 0) is 0 Å². The van der Waals surface area contributed by atoms with Crippen LogP contribution in [0.15, 0.2) is 43.0 Å². The summed E-state index contributed by atoms with van der Waals surface area (Å²) in [4.78, 5) is 18.4. The molecule has 1 aliphatic rings. The molecule has 1 atom stereocenters. The average Bonchev–Trinajstić information content (AvgIpc) is 3.01. The number of carbonyl (C=O) groups is 1. The van der Waals surface area contributed by atoms with Gasteiger partial charge >= 0.3 is 0 Å². The molecule has 20 heavy (non-hydrogen) atoms. The SMILES string of the molecule is N[C@@H]1CCCN(C(=O)c2cccc(-n3ccnc3)c2)C1. The van der Waals surface area contributed by atoms with Crippen LogP contribution in [0.25, 0.3) is 5.69 Å². The van der Waals surface area contributed by atoms with Crippen molar-refractivity contribution < 1.29 is 4.79 Å². The van der Waals surface area contributed by atoms with Crippen LogP contribution in [0.5, 0.6) is 0 Å². The Kier molecular flexibility index (Phi) is 3.52. The molecule has 0 radical (unpaired) electrons. The van der Waals surface area contributed by atoms with Crippen molar-refractivity contribution in [3.05, 3.63) is 48.5 Å². The number of hydrogen-bond donors (Lipinski definition) is 1. The van der Waals surface area contributed by atoms with Crippen molar-refractivity contribution in [3.63, 3.8) is 0 Å². The second kappa shape index (κ2) is 5.46. The number of aromatic nitrogens is 2. The van der Waals surface area contributed by atoms with Gasteiger partial charge in [-0.1, -0.05) is 6.07 Å². The first-order chi connectivity index (χ1) is 9.74. The fourth-order valence-corrected chi connectivity index (χ4v) is 2.59. The molecule has 2 heterocycles. The van der Waals surface area contributed by atoms with Crippen LogP contribution < -0.4 is 5.73 Å². The van der Waals surface area contributed by atoms with Crippen molar-refractivity contribution in [1.82, 2.24) is 14.5 Å². The fraction of sp³-hybridized carbons (Fsp3) is 0.333. The van der Waals surface area contributed by atoms with Gasteiger partial charge in [0.05, 0.1) is 6.33 Å². The minimum atomic E-state index is 0.0575. The first-order valence-electron chi connectivity index (χ1n) is 6.87. The smallest absolute Gasteiger partial charge is 0.253 e. The zero-order chi connectivity index (χ0) is 13.9. The Labute approximate surface area is 118 Å². The summed E-state index contributed by atoms with van der Waals surface area (Å²) >= 11 is 0. The predicted octanol–water partition coefficient (Wildman–Crippen LogP) is 1.44. The molecule has 2 N–H and O–H groups in total. The van der Waals surface area contributed by atoms with Gasteiger partial charge in [-0.25, -0.2) is 4.98 Å². The van der Waals surface area contributed by atoms with E-state index >= 15 is 0 Å². The zero-order valence-electron chi connectivity index (χ0n) is 11.3. The van der Waals surface area contributed by atoms with E-state index in [1.807, 2.05) is 39.9 Å². The topological polar surface area (TPSA) is 64.2 Å². The van der Waals surface area contributed by atoms with Gasteiger partial charge in [0.25, 0.3) is 5.91 Å². The number of hydrogen-bond acceptors (Lipinski definition) is 3. The molecule has 0 bridgehead atoms. The minimum absolute atomic E-state index is 0.0575. The van der Waals surface area contributed by atoms with Gasteiger partial charge in [-0.05, 0) is 31.0 Å². The highest BCUT2D eigenvalue weighted by atomic mass is 16.2. The van der Waals surface area contributed by atoms with Gasteiger partial charge in [0.1, 0.15) is 0 Å². The van der Waals surface area contributed by atoms with E-state index in [1.165, 1.54) is 0 Å². The third-order valence-corrected chi connectivity index (χ3v) is 3.64. The first-order valence-corrected chi connectivity index (χ1v) is 6.87. The van der Waals surface area contributed by atoms with Crippen LogP contribution in [0.2, 0.25) is 0 Å². The van der Waals surface area contributed by atoms with E-state index < -0.39 is 0 Å². The number of nitrogens with two attached hydrogens (primary N) is 1. The molecular weight excluding hydrogens is 252 g/mol. The molecule has 3 rings (SSSR count). The third-order valence-electron chi connectivity index (χ3n) is 3.64. The third kappa shape index (κ3) is 2.58. The highest BCUT2D eigenvalue weighted by molar-refractivity contribution is 5.94.